The van der Waals surface area contributed by atoms with Crippen LogP contribution in [0.1, 0.15) is 125 Å². The monoisotopic (exact) mass is 961 g/mol. The number of pyridine rings is 1. The fourth-order valence-electron chi connectivity index (χ4n) is 11.8. The Morgan fingerprint density at radius 1 is 1.01 bits per heavy atom. The van der Waals surface area contributed by atoms with E-state index in [0.29, 0.717) is 49.3 Å². The molecule has 69 heavy (non-hydrogen) atoms. The third-order valence-corrected chi connectivity index (χ3v) is 17.0. The summed E-state index contributed by atoms with van der Waals surface area (Å²) in [6, 6.07) is 20.6. The number of H-pyrrole nitrogens is 1. The first kappa shape index (κ1) is 46.8. The summed E-state index contributed by atoms with van der Waals surface area (Å²) in [5.74, 6) is 0.0962. The van der Waals surface area contributed by atoms with E-state index in [0.717, 1.165) is 49.6 Å². The molecular formula is C52H63N7O9S. The first-order chi connectivity index (χ1) is 33.1. The summed E-state index contributed by atoms with van der Waals surface area (Å²) in [7, 11) is -4.70. The molecule has 1 spiro atoms. The first-order valence-electron chi connectivity index (χ1n) is 24.6. The molecule has 2 atom stereocenters. The molecule has 0 radical (unpaired) electrons. The number of likely N-dealkylation sites (tertiary alicyclic amines) is 1. The Bertz CT molecular complexity index is 2860. The lowest BCUT2D eigenvalue weighted by atomic mass is 9.59. The van der Waals surface area contributed by atoms with Gasteiger partial charge < -0.3 is 34.5 Å². The number of aliphatic hydroxyl groups is 1. The lowest BCUT2D eigenvalue weighted by Gasteiger charge is -2.56. The molecule has 5 aromatic rings. The van der Waals surface area contributed by atoms with Gasteiger partial charge in [0.1, 0.15) is 18.0 Å². The Hall–Kier alpha value is -5.91. The molecule has 2 aromatic heterocycles. The Balaban J connectivity index is 0.881. The van der Waals surface area contributed by atoms with Crippen molar-refractivity contribution in [3.63, 3.8) is 0 Å². The molecule has 4 N–H and O–H groups in total. The normalized spacial score (nSPS) is 23.8. The van der Waals surface area contributed by atoms with E-state index in [1.54, 1.807) is 37.4 Å². The minimum atomic E-state index is -4.70. The molecule has 17 heteroatoms. The number of fused-ring (bicyclic) bond motifs is 2. The van der Waals surface area contributed by atoms with Gasteiger partial charge in [0.2, 0.25) is 0 Å². The van der Waals surface area contributed by atoms with Gasteiger partial charge in [-0.25, -0.2) is 13.1 Å². The predicted molar refractivity (Wildman–Crippen MR) is 263 cm³/mol. The summed E-state index contributed by atoms with van der Waals surface area (Å²) in [5.41, 5.74) is 3.37. The molecule has 3 aromatic carbocycles. The van der Waals surface area contributed by atoms with Crippen LogP contribution in [0.4, 0.5) is 17.1 Å². The molecule has 366 valence electrons. The van der Waals surface area contributed by atoms with Crippen molar-refractivity contribution < 1.29 is 37.5 Å². The van der Waals surface area contributed by atoms with Crippen LogP contribution in [0.5, 0.6) is 23.1 Å². The molecule has 0 bridgehead atoms. The molecule has 2 aliphatic carbocycles. The van der Waals surface area contributed by atoms with Crippen molar-refractivity contribution in [2.75, 3.05) is 43.1 Å². The molecule has 5 aliphatic rings. The number of hydrogen-bond acceptors (Lipinski definition) is 13. The van der Waals surface area contributed by atoms with Crippen LogP contribution in [0.3, 0.4) is 0 Å². The topological polar surface area (TPSA) is 201 Å². The van der Waals surface area contributed by atoms with Gasteiger partial charge in [-0.05, 0) is 137 Å². The average molecular weight is 962 g/mol. The van der Waals surface area contributed by atoms with Crippen LogP contribution in [-0.4, -0.2) is 89.8 Å². The summed E-state index contributed by atoms with van der Waals surface area (Å²) < 4.78 is 48.7. The zero-order chi connectivity index (χ0) is 48.2. The number of ether oxygens (including phenoxy) is 3. The first-order valence-corrected chi connectivity index (χ1v) is 26.1. The fourth-order valence-corrected chi connectivity index (χ4v) is 12.8. The number of piperidine rings is 1. The highest BCUT2D eigenvalue weighted by molar-refractivity contribution is 7.90. The molecule has 1 amide bonds. The third kappa shape index (κ3) is 9.32. The molecule has 2 saturated heterocycles. The minimum Gasteiger partial charge on any atom is -0.489 e. The number of sulfonamides is 1. The van der Waals surface area contributed by atoms with Crippen molar-refractivity contribution in [2.24, 2.45) is 11.3 Å². The number of amides is 1. The second kappa shape index (κ2) is 18.4. The Labute approximate surface area is 403 Å². The van der Waals surface area contributed by atoms with Gasteiger partial charge in [-0.1, -0.05) is 38.1 Å². The number of aromatic amines is 1. The Morgan fingerprint density at radius 2 is 1.78 bits per heavy atom. The quantitative estimate of drug-likeness (QED) is 0.0643. The summed E-state index contributed by atoms with van der Waals surface area (Å²) >= 11 is 0. The lowest BCUT2D eigenvalue weighted by Crippen LogP contribution is -2.54. The number of hydrogen-bond donors (Lipinski definition) is 4. The van der Waals surface area contributed by atoms with Crippen molar-refractivity contribution >= 4 is 44.0 Å². The smallest absolute Gasteiger partial charge is 0.297 e. The standard InChI is InChI=1S/C52H63N7O9S/c1-5-66-50-46(25-34-16-21-53-48(34)55-50)68-44-26-35(57-23-19-52(20-24-57)29-36(30-52)58-22-8-11-42(58)39-10-7-6-9-38(39)32(2)3)12-13-40(44)49(60)56-69(64,65)37-27-43(59(62)63)47-45(28-37)67-31-41(54-47)33-14-17-51(4,61)18-15-33/h6-7,9-10,12-13,16,21,25-28,32-33,36,41-42,54,61H,5,8,11,14-15,17-20,22-24,29-31H2,1-4H3,(H,53,55)(H,56,60)/t33?,41-,42+,51?/m1/s1. The van der Waals surface area contributed by atoms with E-state index in [9.17, 15) is 28.4 Å². The SMILES string of the molecule is CCOc1nc2[nH]ccc2cc1Oc1cc(N2CCC3(CC2)CC(N2CCC[C@H]2c2ccccc2C(C)C)C3)ccc1C(=O)NS(=O)(=O)c1cc2c(c([N+](=O)[O-])c1)N[C@@H](C1CCC(C)(O)CC1)CO2. The highest BCUT2D eigenvalue weighted by Gasteiger charge is 2.50. The lowest BCUT2D eigenvalue weighted by molar-refractivity contribution is -0.384. The van der Waals surface area contributed by atoms with E-state index >= 15 is 0 Å². The number of nitro benzene ring substituents is 1. The number of rotatable bonds is 13. The van der Waals surface area contributed by atoms with Gasteiger partial charge in [0.15, 0.2) is 17.2 Å². The van der Waals surface area contributed by atoms with Crippen LogP contribution in [0, 0.1) is 21.4 Å². The number of nitrogens with one attached hydrogen (secondary N) is 3. The number of nitro groups is 1. The summed E-state index contributed by atoms with van der Waals surface area (Å²) in [4.78, 5) is 38.3. The van der Waals surface area contributed by atoms with Crippen molar-refractivity contribution in [1.29, 1.82) is 0 Å². The summed E-state index contributed by atoms with van der Waals surface area (Å²) in [6.07, 6.45) is 11.2. The number of anilines is 2. The van der Waals surface area contributed by atoms with Gasteiger partial charge in [0, 0.05) is 60.6 Å². The highest BCUT2D eigenvalue weighted by atomic mass is 32.2. The van der Waals surface area contributed by atoms with Crippen LogP contribution in [0.25, 0.3) is 11.0 Å². The molecule has 10 rings (SSSR count). The van der Waals surface area contributed by atoms with Crippen LogP contribution >= 0.6 is 0 Å². The van der Waals surface area contributed by atoms with E-state index in [2.05, 4.69) is 67.9 Å². The predicted octanol–water partition coefficient (Wildman–Crippen LogP) is 9.60. The zero-order valence-electron chi connectivity index (χ0n) is 39.8. The highest BCUT2D eigenvalue weighted by Crippen LogP contribution is 2.54. The minimum absolute atomic E-state index is 0.00561. The van der Waals surface area contributed by atoms with Crippen LogP contribution in [0.2, 0.25) is 0 Å². The van der Waals surface area contributed by atoms with Crippen LogP contribution in [0.15, 0.2) is 77.8 Å². The van der Waals surface area contributed by atoms with Crippen LogP contribution in [-0.2, 0) is 10.0 Å². The second-order valence-electron chi connectivity index (χ2n) is 20.6. The molecular weight excluding hydrogens is 899 g/mol. The van der Waals surface area contributed by atoms with E-state index in [4.69, 9.17) is 14.2 Å². The number of benzene rings is 3. The summed E-state index contributed by atoms with van der Waals surface area (Å²) in [5, 5.41) is 26.9. The molecule has 16 nitrogen and oxygen atoms in total. The van der Waals surface area contributed by atoms with Gasteiger partial charge in [0.25, 0.3) is 27.5 Å². The Kier molecular flexibility index (Phi) is 12.5. The maximum absolute atomic E-state index is 14.3. The summed E-state index contributed by atoms with van der Waals surface area (Å²) in [6.45, 7) is 11.4. The van der Waals surface area contributed by atoms with Crippen molar-refractivity contribution in [2.45, 2.75) is 126 Å². The zero-order valence-corrected chi connectivity index (χ0v) is 40.6. The van der Waals surface area contributed by atoms with E-state index in [1.165, 1.54) is 42.9 Å². The number of nitrogens with zero attached hydrogens (tertiary/aromatic N) is 4. The number of aromatic nitrogens is 2. The van der Waals surface area contributed by atoms with Gasteiger partial charge in [-0.15, -0.1) is 0 Å². The van der Waals surface area contributed by atoms with Gasteiger partial charge in [-0.2, -0.15) is 4.98 Å². The Morgan fingerprint density at radius 3 is 2.52 bits per heavy atom. The molecule has 2 saturated carbocycles. The molecule has 5 heterocycles. The molecule has 0 unspecified atom stereocenters. The van der Waals surface area contributed by atoms with E-state index in [-0.39, 0.29) is 65.0 Å². The average Bonchev–Trinajstić information content (AvgIpc) is 4.00. The fraction of sp³-hybridized carbons (Fsp3) is 0.500. The maximum atomic E-state index is 14.3. The maximum Gasteiger partial charge on any atom is 0.297 e. The van der Waals surface area contributed by atoms with Crippen molar-refractivity contribution in [3.8, 4) is 23.1 Å². The van der Waals surface area contributed by atoms with Gasteiger partial charge in [0.05, 0.1) is 33.6 Å². The van der Waals surface area contributed by atoms with Crippen molar-refractivity contribution in [1.82, 2.24) is 19.6 Å². The third-order valence-electron chi connectivity index (χ3n) is 15.7. The van der Waals surface area contributed by atoms with Crippen molar-refractivity contribution in [3.05, 3.63) is 99.7 Å². The molecule has 4 fully saturated rings. The van der Waals surface area contributed by atoms with E-state index < -0.39 is 37.0 Å². The van der Waals surface area contributed by atoms with Gasteiger partial charge in [-0.3, -0.25) is 19.8 Å². The second-order valence-corrected chi connectivity index (χ2v) is 22.2. The largest absolute Gasteiger partial charge is 0.489 e. The number of carbonyl (C=O) groups excluding carboxylic acids is 1. The molecule has 3 aliphatic heterocycles. The van der Waals surface area contributed by atoms with E-state index in [1.807, 2.05) is 13.0 Å². The number of carbonyl (C=O) groups is 1. The van der Waals surface area contributed by atoms with Gasteiger partial charge >= 0.3 is 0 Å². The van der Waals surface area contributed by atoms with Crippen LogP contribution < -0.4 is 29.1 Å².